The van der Waals surface area contributed by atoms with Gasteiger partial charge in [-0.3, -0.25) is 4.79 Å². The third kappa shape index (κ3) is 5.67. The van der Waals surface area contributed by atoms with E-state index in [0.29, 0.717) is 11.5 Å². The number of nitrogens with one attached hydrogen (secondary N) is 2. The number of benzene rings is 1. The molecule has 0 radical (unpaired) electrons. The van der Waals surface area contributed by atoms with E-state index in [1.807, 2.05) is 25.8 Å². The van der Waals surface area contributed by atoms with E-state index < -0.39 is 10.0 Å². The molecule has 0 aliphatic carbocycles. The van der Waals surface area contributed by atoms with Gasteiger partial charge in [0.25, 0.3) is 5.91 Å². The average molecular weight is 390 g/mol. The zero-order valence-electron chi connectivity index (χ0n) is 15.0. The molecule has 142 valence electrons. The Morgan fingerprint density at radius 1 is 1.32 bits per heavy atom. The van der Waals surface area contributed by atoms with E-state index >= 15 is 0 Å². The van der Waals surface area contributed by atoms with E-state index in [1.165, 1.54) is 12.1 Å². The molecule has 8 heteroatoms. The van der Waals surface area contributed by atoms with Crippen LogP contribution in [0.4, 0.5) is 0 Å². The number of rotatable bonds is 7. The molecule has 1 saturated heterocycles. The molecule has 0 spiro atoms. The fourth-order valence-corrected chi connectivity index (χ4v) is 4.17. The molecule has 1 heterocycles. The molecule has 25 heavy (non-hydrogen) atoms. The van der Waals surface area contributed by atoms with Gasteiger partial charge in [0.2, 0.25) is 10.0 Å². The lowest BCUT2D eigenvalue weighted by molar-refractivity contribution is 0.0787. The van der Waals surface area contributed by atoms with Crippen LogP contribution in [0.2, 0.25) is 0 Å². The lowest BCUT2D eigenvalue weighted by Gasteiger charge is -2.17. The molecule has 1 aromatic rings. The first-order chi connectivity index (χ1) is 11.4. The normalized spacial score (nSPS) is 18.7. The topological polar surface area (TPSA) is 78.5 Å². The predicted molar refractivity (Wildman–Crippen MR) is 102 cm³/mol. The minimum absolute atomic E-state index is 0. The second kappa shape index (κ2) is 9.52. The first-order valence-corrected chi connectivity index (χ1v) is 9.92. The molecule has 0 aromatic heterocycles. The second-order valence-corrected chi connectivity index (χ2v) is 8.13. The molecule has 2 atom stereocenters. The van der Waals surface area contributed by atoms with Crippen molar-refractivity contribution in [3.63, 3.8) is 0 Å². The highest BCUT2D eigenvalue weighted by Crippen LogP contribution is 2.19. The maximum absolute atomic E-state index is 12.5. The fraction of sp³-hybridized carbons (Fsp3) is 0.588. The molecule has 1 fully saturated rings. The van der Waals surface area contributed by atoms with Gasteiger partial charge in [0.1, 0.15) is 0 Å². The first kappa shape index (κ1) is 21.9. The van der Waals surface area contributed by atoms with E-state index in [4.69, 9.17) is 0 Å². The van der Waals surface area contributed by atoms with Gasteiger partial charge in [-0.05, 0) is 63.5 Å². The Morgan fingerprint density at radius 2 is 1.96 bits per heavy atom. The Balaban J connectivity index is 0.00000312. The second-order valence-electron chi connectivity index (χ2n) is 6.42. The van der Waals surface area contributed by atoms with Crippen molar-refractivity contribution in [1.82, 2.24) is 14.9 Å². The van der Waals surface area contributed by atoms with Crippen LogP contribution in [0.5, 0.6) is 0 Å². The van der Waals surface area contributed by atoms with Crippen LogP contribution in [0, 0.1) is 5.92 Å². The summed E-state index contributed by atoms with van der Waals surface area (Å²) in [7, 11) is -1.62. The summed E-state index contributed by atoms with van der Waals surface area (Å²) < 4.78 is 27.1. The van der Waals surface area contributed by atoms with E-state index in [0.717, 1.165) is 32.5 Å². The summed E-state index contributed by atoms with van der Waals surface area (Å²) in [6.45, 7) is 6.15. The van der Waals surface area contributed by atoms with Crippen molar-refractivity contribution in [2.75, 3.05) is 26.7 Å². The van der Waals surface area contributed by atoms with Crippen LogP contribution in [0.3, 0.4) is 0 Å². The van der Waals surface area contributed by atoms with Gasteiger partial charge in [-0.1, -0.05) is 6.92 Å². The van der Waals surface area contributed by atoms with Gasteiger partial charge in [-0.15, -0.1) is 12.4 Å². The van der Waals surface area contributed by atoms with Crippen LogP contribution in [-0.2, 0) is 10.0 Å². The minimum Gasteiger partial charge on any atom is -0.338 e. The van der Waals surface area contributed by atoms with E-state index in [-0.39, 0.29) is 29.3 Å². The monoisotopic (exact) mass is 389 g/mol. The molecule has 2 rings (SSSR count). The summed E-state index contributed by atoms with van der Waals surface area (Å²) in [5.74, 6) is 0.450. The number of sulfonamides is 1. The van der Waals surface area contributed by atoms with E-state index in [1.54, 1.807) is 12.1 Å². The van der Waals surface area contributed by atoms with Gasteiger partial charge in [0.05, 0.1) is 4.90 Å². The largest absolute Gasteiger partial charge is 0.338 e. The standard InChI is InChI=1S/C17H27N3O3S.ClH/c1-4-13(2)19-24(22,23)16-7-5-15(6-8-16)17(21)20-10-9-14(12-20)11-18-3;/h5-8,13-14,18-19H,4,9-12H2,1-3H3;1H. The number of hydrogen-bond donors (Lipinski definition) is 2. The third-order valence-electron chi connectivity index (χ3n) is 4.45. The Bertz CT molecular complexity index is 664. The van der Waals surface area contributed by atoms with Crippen LogP contribution >= 0.6 is 12.4 Å². The van der Waals surface area contributed by atoms with Crippen LogP contribution < -0.4 is 10.0 Å². The molecule has 1 amide bonds. The van der Waals surface area contributed by atoms with E-state index in [9.17, 15) is 13.2 Å². The summed E-state index contributed by atoms with van der Waals surface area (Å²) in [4.78, 5) is 14.5. The van der Waals surface area contributed by atoms with Crippen molar-refractivity contribution in [2.24, 2.45) is 5.92 Å². The maximum atomic E-state index is 12.5. The summed E-state index contributed by atoms with van der Waals surface area (Å²) >= 11 is 0. The average Bonchev–Trinajstić information content (AvgIpc) is 3.03. The van der Waals surface area contributed by atoms with Gasteiger partial charge in [0, 0.05) is 24.7 Å². The van der Waals surface area contributed by atoms with Crippen molar-refractivity contribution < 1.29 is 13.2 Å². The number of hydrogen-bond acceptors (Lipinski definition) is 4. The third-order valence-corrected chi connectivity index (χ3v) is 6.05. The fourth-order valence-electron chi connectivity index (χ4n) is 2.85. The van der Waals surface area contributed by atoms with Crippen molar-refractivity contribution in [3.8, 4) is 0 Å². The van der Waals surface area contributed by atoms with Crippen LogP contribution in [0.15, 0.2) is 29.2 Å². The highest BCUT2D eigenvalue weighted by atomic mass is 35.5. The number of carbonyl (C=O) groups excluding carboxylic acids is 1. The summed E-state index contributed by atoms with van der Waals surface area (Å²) in [6.07, 6.45) is 1.72. The molecule has 2 N–H and O–H groups in total. The molecule has 1 aromatic carbocycles. The highest BCUT2D eigenvalue weighted by Gasteiger charge is 2.26. The van der Waals surface area contributed by atoms with Gasteiger partial charge in [-0.25, -0.2) is 13.1 Å². The smallest absolute Gasteiger partial charge is 0.253 e. The Kier molecular flexibility index (Phi) is 8.34. The van der Waals surface area contributed by atoms with Gasteiger partial charge in [-0.2, -0.15) is 0 Å². The van der Waals surface area contributed by atoms with Gasteiger partial charge < -0.3 is 10.2 Å². The summed E-state index contributed by atoms with van der Waals surface area (Å²) in [5.41, 5.74) is 0.530. The molecule has 6 nitrogen and oxygen atoms in total. The number of amides is 1. The molecular formula is C17H28ClN3O3S. The summed E-state index contributed by atoms with van der Waals surface area (Å²) in [6, 6.07) is 6.07. The zero-order chi connectivity index (χ0) is 17.7. The quantitative estimate of drug-likeness (QED) is 0.746. The van der Waals surface area contributed by atoms with Crippen molar-refractivity contribution >= 4 is 28.3 Å². The molecule has 0 saturated carbocycles. The first-order valence-electron chi connectivity index (χ1n) is 8.43. The summed E-state index contributed by atoms with van der Waals surface area (Å²) in [5, 5.41) is 3.14. The Hall–Kier alpha value is -1.15. The van der Waals surface area contributed by atoms with Gasteiger partial charge >= 0.3 is 0 Å². The highest BCUT2D eigenvalue weighted by molar-refractivity contribution is 7.89. The minimum atomic E-state index is -3.53. The number of likely N-dealkylation sites (tertiary alicyclic amines) is 1. The van der Waals surface area contributed by atoms with Crippen LogP contribution in [0.25, 0.3) is 0 Å². The number of carbonyl (C=O) groups is 1. The van der Waals surface area contributed by atoms with Crippen LogP contribution in [-0.4, -0.2) is 51.9 Å². The van der Waals surface area contributed by atoms with Crippen molar-refractivity contribution in [2.45, 2.75) is 37.6 Å². The lowest BCUT2D eigenvalue weighted by atomic mass is 10.1. The molecular weight excluding hydrogens is 362 g/mol. The van der Waals surface area contributed by atoms with Crippen molar-refractivity contribution in [3.05, 3.63) is 29.8 Å². The van der Waals surface area contributed by atoms with Gasteiger partial charge in [0.15, 0.2) is 0 Å². The van der Waals surface area contributed by atoms with E-state index in [2.05, 4.69) is 10.0 Å². The zero-order valence-corrected chi connectivity index (χ0v) is 16.6. The lowest BCUT2D eigenvalue weighted by Crippen LogP contribution is -2.32. The predicted octanol–water partition coefficient (Wildman–Crippen LogP) is 1.87. The number of halogens is 1. The molecule has 1 aliphatic heterocycles. The Labute approximate surface area is 156 Å². The SMILES string of the molecule is CCC(C)NS(=O)(=O)c1ccc(C(=O)N2CCC(CNC)C2)cc1.Cl. The maximum Gasteiger partial charge on any atom is 0.253 e. The van der Waals surface area contributed by atoms with Crippen LogP contribution in [0.1, 0.15) is 37.0 Å². The molecule has 2 unspecified atom stereocenters. The molecule has 1 aliphatic rings. The number of nitrogens with zero attached hydrogens (tertiary/aromatic N) is 1. The van der Waals surface area contributed by atoms with Crippen molar-refractivity contribution in [1.29, 1.82) is 0 Å². The molecule has 0 bridgehead atoms. The Morgan fingerprint density at radius 3 is 2.52 bits per heavy atom.